The van der Waals surface area contributed by atoms with Crippen molar-refractivity contribution in [2.24, 2.45) is 0 Å². The summed E-state index contributed by atoms with van der Waals surface area (Å²) in [6.07, 6.45) is 2.21. The summed E-state index contributed by atoms with van der Waals surface area (Å²) in [6, 6.07) is 15.0. The lowest BCUT2D eigenvalue weighted by molar-refractivity contribution is -0.123. The Hall–Kier alpha value is -3.63. The molecule has 39 heavy (non-hydrogen) atoms. The molecular weight excluding hydrogens is 538 g/mol. The molecule has 0 radical (unpaired) electrons. The predicted molar refractivity (Wildman–Crippen MR) is 151 cm³/mol. The summed E-state index contributed by atoms with van der Waals surface area (Å²) in [5.74, 6) is 1.75. The number of halogens is 1. The highest BCUT2D eigenvalue weighted by Gasteiger charge is 2.47. The van der Waals surface area contributed by atoms with Gasteiger partial charge in [0.05, 0.1) is 20.8 Å². The van der Waals surface area contributed by atoms with Crippen molar-refractivity contribution in [3.05, 3.63) is 75.8 Å². The maximum Gasteiger partial charge on any atom is 0.281 e. The molecule has 2 aromatic heterocycles. The number of fused-ring (bicyclic) bond motifs is 1. The van der Waals surface area contributed by atoms with Gasteiger partial charge in [0, 0.05) is 24.7 Å². The van der Waals surface area contributed by atoms with Crippen LogP contribution in [0.3, 0.4) is 0 Å². The summed E-state index contributed by atoms with van der Waals surface area (Å²) >= 11 is 8.17. The van der Waals surface area contributed by atoms with Crippen molar-refractivity contribution in [3.63, 3.8) is 0 Å². The van der Waals surface area contributed by atoms with Crippen LogP contribution in [0, 0.1) is 0 Å². The van der Waals surface area contributed by atoms with E-state index in [0.717, 1.165) is 30.4 Å². The molecule has 9 nitrogen and oxygen atoms in total. The number of hydrogen-bond acceptors (Lipinski definition) is 8. The highest BCUT2D eigenvalue weighted by atomic mass is 35.5. The van der Waals surface area contributed by atoms with Gasteiger partial charge < -0.3 is 19.7 Å². The molecule has 1 saturated carbocycles. The lowest BCUT2D eigenvalue weighted by Gasteiger charge is -2.39. The van der Waals surface area contributed by atoms with Crippen LogP contribution in [0.4, 0.5) is 5.13 Å². The minimum atomic E-state index is -0.673. The Morgan fingerprint density at radius 2 is 1.95 bits per heavy atom. The van der Waals surface area contributed by atoms with E-state index >= 15 is 0 Å². The van der Waals surface area contributed by atoms with Gasteiger partial charge in [-0.3, -0.25) is 14.2 Å². The van der Waals surface area contributed by atoms with Gasteiger partial charge in [-0.2, -0.15) is 0 Å². The Kier molecular flexibility index (Phi) is 6.68. The molecule has 2 fully saturated rings. The maximum absolute atomic E-state index is 13.8. The molecule has 3 heterocycles. The zero-order valence-electron chi connectivity index (χ0n) is 21.6. The van der Waals surface area contributed by atoms with Crippen molar-refractivity contribution >= 4 is 44.3 Å². The minimum absolute atomic E-state index is 0.0558. The van der Waals surface area contributed by atoms with Crippen LogP contribution in [0.25, 0.3) is 10.3 Å². The molecule has 1 amide bonds. The fourth-order valence-corrected chi connectivity index (χ4v) is 6.03. The number of nitrogens with one attached hydrogen (secondary N) is 1. The fourth-order valence-electron chi connectivity index (χ4n) is 4.79. The first-order chi connectivity index (χ1) is 18.9. The monoisotopic (exact) mass is 565 g/mol. The number of benzene rings is 2. The number of carbonyl (C=O) groups excluding carboxylic acids is 1. The summed E-state index contributed by atoms with van der Waals surface area (Å²) < 4.78 is 12.5. The average Bonchev–Trinajstić information content (AvgIpc) is 3.54. The molecule has 1 aliphatic carbocycles. The van der Waals surface area contributed by atoms with Crippen molar-refractivity contribution < 1.29 is 14.3 Å². The van der Waals surface area contributed by atoms with Crippen molar-refractivity contribution in [1.82, 2.24) is 19.9 Å². The van der Waals surface area contributed by atoms with Gasteiger partial charge in [-0.1, -0.05) is 41.7 Å². The van der Waals surface area contributed by atoms with Gasteiger partial charge in [0.15, 0.2) is 15.5 Å². The van der Waals surface area contributed by atoms with Crippen LogP contribution in [0.2, 0.25) is 0 Å². The summed E-state index contributed by atoms with van der Waals surface area (Å²) in [5, 5.41) is 3.63. The minimum Gasteiger partial charge on any atom is -0.497 e. The van der Waals surface area contributed by atoms with Crippen LogP contribution in [0.15, 0.2) is 53.3 Å². The molecule has 1 N–H and O–H groups in total. The van der Waals surface area contributed by atoms with Crippen molar-refractivity contribution in [2.75, 3.05) is 25.7 Å². The second-order valence-corrected chi connectivity index (χ2v) is 11.5. The van der Waals surface area contributed by atoms with Gasteiger partial charge in [0.25, 0.3) is 5.56 Å². The summed E-state index contributed by atoms with van der Waals surface area (Å²) in [5.41, 5.74) is 1.87. The zero-order valence-corrected chi connectivity index (χ0v) is 23.2. The molecule has 1 unspecified atom stereocenters. The average molecular weight is 566 g/mol. The van der Waals surface area contributed by atoms with E-state index in [1.54, 1.807) is 24.9 Å². The van der Waals surface area contributed by atoms with Crippen LogP contribution >= 0.6 is 22.9 Å². The van der Waals surface area contributed by atoms with E-state index in [0.29, 0.717) is 40.4 Å². The highest BCUT2D eigenvalue weighted by molar-refractivity contribution is 7.21. The van der Waals surface area contributed by atoms with Crippen LogP contribution in [0.1, 0.15) is 36.2 Å². The largest absolute Gasteiger partial charge is 0.497 e. The lowest BCUT2D eigenvalue weighted by Crippen LogP contribution is -2.56. The van der Waals surface area contributed by atoms with Crippen LogP contribution in [0.5, 0.6) is 11.5 Å². The number of anilines is 1. The topological polar surface area (TPSA) is 98.6 Å². The number of amides is 1. The van der Waals surface area contributed by atoms with E-state index < -0.39 is 4.87 Å². The van der Waals surface area contributed by atoms with Gasteiger partial charge in [-0.05, 0) is 37.0 Å². The Balaban J connectivity index is 1.30. The molecule has 6 rings (SSSR count). The third-order valence-corrected chi connectivity index (χ3v) is 8.83. The van der Waals surface area contributed by atoms with Gasteiger partial charge in [-0.25, -0.2) is 9.97 Å². The number of aromatic nitrogens is 3. The number of nitrogens with zero attached hydrogens (tertiary/aromatic N) is 4. The molecule has 202 valence electrons. The molecule has 11 heteroatoms. The van der Waals surface area contributed by atoms with Crippen LogP contribution in [-0.4, -0.2) is 47.2 Å². The summed E-state index contributed by atoms with van der Waals surface area (Å²) in [6.45, 7) is 1.39. The number of hydrogen-bond donors (Lipinski definition) is 1. The van der Waals surface area contributed by atoms with E-state index in [1.807, 2.05) is 47.4 Å². The zero-order chi connectivity index (χ0) is 27.1. The van der Waals surface area contributed by atoms with Gasteiger partial charge in [0.2, 0.25) is 5.91 Å². The van der Waals surface area contributed by atoms with Gasteiger partial charge in [-0.15, -0.1) is 11.6 Å². The first-order valence-corrected chi connectivity index (χ1v) is 14.0. The molecule has 2 aliphatic rings. The molecular formula is C28H28ClN5O4S. The second-order valence-electron chi connectivity index (χ2n) is 9.82. The van der Waals surface area contributed by atoms with E-state index in [9.17, 15) is 9.59 Å². The number of rotatable bonds is 9. The molecule has 2 aromatic carbocycles. The third-order valence-electron chi connectivity index (χ3n) is 7.30. The van der Waals surface area contributed by atoms with Crippen molar-refractivity contribution in [1.29, 1.82) is 0 Å². The summed E-state index contributed by atoms with van der Waals surface area (Å²) in [7, 11) is 3.17. The Labute approximate surface area is 234 Å². The number of carbonyl (C=O) groups is 1. The number of thiazole rings is 1. The van der Waals surface area contributed by atoms with Crippen LogP contribution < -0.4 is 25.2 Å². The first kappa shape index (κ1) is 25.6. The van der Waals surface area contributed by atoms with E-state index in [2.05, 4.69) is 10.3 Å². The predicted octanol–water partition coefficient (Wildman–Crippen LogP) is 4.04. The van der Waals surface area contributed by atoms with Gasteiger partial charge >= 0.3 is 0 Å². The molecule has 0 spiro atoms. The smallest absolute Gasteiger partial charge is 0.281 e. The summed E-state index contributed by atoms with van der Waals surface area (Å²) in [4.78, 5) is 38.1. The Bertz CT molecular complexity index is 1600. The van der Waals surface area contributed by atoms with E-state index in [-0.39, 0.29) is 29.6 Å². The standard InChI is InChI=1S/C28H28ClN5O4S/c1-37-19-9-8-18(21(14-19)38-2)16-34-25(36)22-24(32-26(34)28(29)11-12-28)39-27(31-22)33-13-10-20(33)23(35)30-15-17-6-4-3-5-7-17/h3-9,14,20H,10-13,15-16H2,1-2H3,(H,30,35). The molecule has 0 bridgehead atoms. The quantitative estimate of drug-likeness (QED) is 0.306. The molecule has 4 aromatic rings. The van der Waals surface area contributed by atoms with Crippen molar-refractivity contribution in [3.8, 4) is 11.5 Å². The fraction of sp³-hybridized carbons (Fsp3) is 0.357. The SMILES string of the molecule is COc1ccc(Cn2c(C3(Cl)CC3)nc3sc(N4CCC4C(=O)NCc4ccccc4)nc3c2=O)c(OC)c1. The van der Waals surface area contributed by atoms with Crippen molar-refractivity contribution in [2.45, 2.75) is 43.3 Å². The third kappa shape index (κ3) is 4.83. The number of ether oxygens (including phenoxy) is 2. The number of methoxy groups -OCH3 is 2. The van der Waals surface area contributed by atoms with Crippen LogP contribution in [-0.2, 0) is 22.8 Å². The molecule has 1 saturated heterocycles. The first-order valence-electron chi connectivity index (χ1n) is 12.8. The number of alkyl halides is 1. The molecule has 1 atom stereocenters. The van der Waals surface area contributed by atoms with E-state index in [4.69, 9.17) is 26.1 Å². The maximum atomic E-state index is 13.8. The Morgan fingerprint density at radius 3 is 2.62 bits per heavy atom. The normalized spacial score (nSPS) is 17.5. The molecule has 1 aliphatic heterocycles. The lowest BCUT2D eigenvalue weighted by atomic mass is 10.0. The van der Waals surface area contributed by atoms with Gasteiger partial charge in [0.1, 0.15) is 28.2 Å². The Morgan fingerprint density at radius 1 is 1.15 bits per heavy atom. The second kappa shape index (κ2) is 10.2. The highest BCUT2D eigenvalue weighted by Crippen LogP contribution is 2.51. The van der Waals surface area contributed by atoms with E-state index in [1.165, 1.54) is 11.3 Å².